The molecule has 0 amide bonds. The number of aliphatic hydroxyl groups is 1. The summed E-state index contributed by atoms with van der Waals surface area (Å²) in [7, 11) is 0. The molecule has 1 unspecified atom stereocenters. The Morgan fingerprint density at radius 2 is 2.50 bits per heavy atom. The van der Waals surface area contributed by atoms with E-state index in [9.17, 15) is 5.11 Å². The molecular formula is C10H14O2. The van der Waals surface area contributed by atoms with Crippen LogP contribution >= 0.6 is 0 Å². The highest BCUT2D eigenvalue weighted by molar-refractivity contribution is 5.01. The number of aliphatic hydroxyl groups excluding tert-OH is 1. The summed E-state index contributed by atoms with van der Waals surface area (Å²) in [4.78, 5) is 0. The van der Waals surface area contributed by atoms with Gasteiger partial charge in [0.1, 0.15) is 5.76 Å². The lowest BCUT2D eigenvalue weighted by atomic mass is 10.1. The minimum atomic E-state index is -0.367. The van der Waals surface area contributed by atoms with Gasteiger partial charge in [-0.2, -0.15) is 0 Å². The highest BCUT2D eigenvalue weighted by Gasteiger charge is 2.06. The van der Waals surface area contributed by atoms with Crippen LogP contribution in [0.2, 0.25) is 0 Å². The molecule has 1 rings (SSSR count). The molecule has 66 valence electrons. The molecule has 0 aliphatic rings. The first-order valence-corrected chi connectivity index (χ1v) is 4.03. The van der Waals surface area contributed by atoms with Crippen LogP contribution in [0, 0.1) is 0 Å². The van der Waals surface area contributed by atoms with E-state index in [1.165, 1.54) is 0 Å². The van der Waals surface area contributed by atoms with Gasteiger partial charge in [-0.15, -0.1) is 6.58 Å². The number of furan rings is 1. The van der Waals surface area contributed by atoms with E-state index < -0.39 is 0 Å². The van der Waals surface area contributed by atoms with E-state index in [2.05, 4.69) is 6.58 Å². The summed E-state index contributed by atoms with van der Waals surface area (Å²) >= 11 is 0. The van der Waals surface area contributed by atoms with Crippen molar-refractivity contribution >= 4 is 0 Å². The Bertz CT molecular complexity index is 236. The molecule has 2 nitrogen and oxygen atoms in total. The maximum Gasteiger partial charge on any atom is 0.106 e. The van der Waals surface area contributed by atoms with Gasteiger partial charge in [0.15, 0.2) is 0 Å². The smallest absolute Gasteiger partial charge is 0.106 e. The van der Waals surface area contributed by atoms with Gasteiger partial charge in [0.25, 0.3) is 0 Å². The van der Waals surface area contributed by atoms with Crippen molar-refractivity contribution in [1.82, 2.24) is 0 Å². The van der Waals surface area contributed by atoms with Crippen LogP contribution in [0.25, 0.3) is 0 Å². The van der Waals surface area contributed by atoms with Crippen LogP contribution in [-0.4, -0.2) is 11.2 Å². The van der Waals surface area contributed by atoms with Crippen molar-refractivity contribution in [3.05, 3.63) is 36.3 Å². The molecule has 0 saturated carbocycles. The molecule has 1 aromatic rings. The molecule has 2 heteroatoms. The van der Waals surface area contributed by atoms with Crippen LogP contribution in [0.4, 0.5) is 0 Å². The van der Waals surface area contributed by atoms with Gasteiger partial charge in [-0.05, 0) is 25.5 Å². The Labute approximate surface area is 72.5 Å². The first-order chi connectivity index (χ1) is 5.68. The molecule has 0 aliphatic carbocycles. The first-order valence-electron chi connectivity index (χ1n) is 4.03. The quantitative estimate of drug-likeness (QED) is 0.695. The topological polar surface area (TPSA) is 33.4 Å². The summed E-state index contributed by atoms with van der Waals surface area (Å²) in [6, 6.07) is 3.68. The van der Waals surface area contributed by atoms with Crippen molar-refractivity contribution in [2.75, 3.05) is 0 Å². The summed E-state index contributed by atoms with van der Waals surface area (Å²) in [5.41, 5.74) is 0.994. The minimum Gasteiger partial charge on any atom is -0.469 e. The van der Waals surface area contributed by atoms with Crippen molar-refractivity contribution in [1.29, 1.82) is 0 Å². The summed E-state index contributed by atoms with van der Waals surface area (Å²) in [5.74, 6) is 0.823. The first kappa shape index (κ1) is 9.07. The average Bonchev–Trinajstić information content (AvgIpc) is 2.37. The number of hydrogen-bond acceptors (Lipinski definition) is 2. The molecular weight excluding hydrogens is 152 g/mol. The molecule has 1 atom stereocenters. The summed E-state index contributed by atoms with van der Waals surface area (Å²) < 4.78 is 5.10. The Hall–Kier alpha value is -1.02. The van der Waals surface area contributed by atoms with Crippen molar-refractivity contribution in [2.45, 2.75) is 25.9 Å². The summed E-state index contributed by atoms with van der Waals surface area (Å²) in [6.07, 6.45) is 2.46. The molecule has 1 heterocycles. The molecule has 0 spiro atoms. The standard InChI is InChI=1S/C10H14O2/c1-8(2)6-9(11)7-10-4-3-5-12-10/h3-5,9,11H,1,6-7H2,2H3. The highest BCUT2D eigenvalue weighted by atomic mass is 16.3. The molecule has 0 bridgehead atoms. The zero-order valence-corrected chi connectivity index (χ0v) is 7.29. The van der Waals surface area contributed by atoms with E-state index in [0.717, 1.165) is 11.3 Å². The monoisotopic (exact) mass is 166 g/mol. The Balaban J connectivity index is 2.36. The second kappa shape index (κ2) is 4.12. The third-order valence-electron chi connectivity index (χ3n) is 1.60. The zero-order chi connectivity index (χ0) is 8.97. The normalized spacial score (nSPS) is 12.8. The fraction of sp³-hybridized carbons (Fsp3) is 0.400. The fourth-order valence-electron chi connectivity index (χ4n) is 1.14. The van der Waals surface area contributed by atoms with E-state index in [1.54, 1.807) is 6.26 Å². The van der Waals surface area contributed by atoms with Gasteiger partial charge in [0, 0.05) is 6.42 Å². The van der Waals surface area contributed by atoms with Crippen molar-refractivity contribution < 1.29 is 9.52 Å². The lowest BCUT2D eigenvalue weighted by Gasteiger charge is -2.07. The van der Waals surface area contributed by atoms with Gasteiger partial charge in [-0.25, -0.2) is 0 Å². The van der Waals surface area contributed by atoms with Gasteiger partial charge in [0.2, 0.25) is 0 Å². The highest BCUT2D eigenvalue weighted by Crippen LogP contribution is 2.09. The van der Waals surface area contributed by atoms with Crippen LogP contribution in [0.3, 0.4) is 0 Å². The summed E-state index contributed by atoms with van der Waals surface area (Å²) in [6.45, 7) is 5.64. The molecule has 0 saturated heterocycles. The van der Waals surface area contributed by atoms with Gasteiger partial charge < -0.3 is 9.52 Å². The predicted octanol–water partition coefficient (Wildman–Crippen LogP) is 2.15. The summed E-state index contributed by atoms with van der Waals surface area (Å²) in [5, 5.41) is 9.47. The molecule has 0 radical (unpaired) electrons. The number of rotatable bonds is 4. The van der Waals surface area contributed by atoms with Crippen LogP contribution in [-0.2, 0) is 6.42 Å². The SMILES string of the molecule is C=C(C)CC(O)Cc1ccco1. The Kier molecular flexibility index (Phi) is 3.11. The molecule has 0 aliphatic heterocycles. The molecule has 12 heavy (non-hydrogen) atoms. The van der Waals surface area contributed by atoms with E-state index in [4.69, 9.17) is 4.42 Å². The van der Waals surface area contributed by atoms with Crippen molar-refractivity contribution in [3.8, 4) is 0 Å². The minimum absolute atomic E-state index is 0.367. The second-order valence-electron chi connectivity index (χ2n) is 3.10. The van der Waals surface area contributed by atoms with Gasteiger partial charge in [0.05, 0.1) is 12.4 Å². The van der Waals surface area contributed by atoms with E-state index in [1.807, 2.05) is 19.1 Å². The maximum absolute atomic E-state index is 9.47. The molecule has 0 fully saturated rings. The lowest BCUT2D eigenvalue weighted by Crippen LogP contribution is -2.09. The lowest BCUT2D eigenvalue weighted by molar-refractivity contribution is 0.168. The zero-order valence-electron chi connectivity index (χ0n) is 7.29. The average molecular weight is 166 g/mol. The van der Waals surface area contributed by atoms with Crippen LogP contribution in [0.5, 0.6) is 0 Å². The Morgan fingerprint density at radius 3 is 3.00 bits per heavy atom. The van der Waals surface area contributed by atoms with E-state index >= 15 is 0 Å². The van der Waals surface area contributed by atoms with Crippen molar-refractivity contribution in [2.24, 2.45) is 0 Å². The maximum atomic E-state index is 9.47. The van der Waals surface area contributed by atoms with Gasteiger partial charge in [-0.1, -0.05) is 5.57 Å². The molecule has 1 N–H and O–H groups in total. The van der Waals surface area contributed by atoms with Crippen molar-refractivity contribution in [3.63, 3.8) is 0 Å². The Morgan fingerprint density at radius 1 is 1.75 bits per heavy atom. The number of hydrogen-bond donors (Lipinski definition) is 1. The third kappa shape index (κ3) is 2.93. The largest absolute Gasteiger partial charge is 0.469 e. The van der Waals surface area contributed by atoms with E-state index in [-0.39, 0.29) is 6.10 Å². The van der Waals surface area contributed by atoms with Crippen LogP contribution in [0.15, 0.2) is 35.0 Å². The molecule has 1 aromatic heterocycles. The van der Waals surface area contributed by atoms with Crippen LogP contribution in [0.1, 0.15) is 19.1 Å². The molecule has 0 aromatic carbocycles. The van der Waals surface area contributed by atoms with Crippen LogP contribution < -0.4 is 0 Å². The fourth-order valence-corrected chi connectivity index (χ4v) is 1.14. The third-order valence-corrected chi connectivity index (χ3v) is 1.60. The predicted molar refractivity (Wildman–Crippen MR) is 47.8 cm³/mol. The van der Waals surface area contributed by atoms with Gasteiger partial charge >= 0.3 is 0 Å². The van der Waals surface area contributed by atoms with E-state index in [0.29, 0.717) is 12.8 Å². The second-order valence-corrected chi connectivity index (χ2v) is 3.10. The van der Waals surface area contributed by atoms with Gasteiger partial charge in [-0.3, -0.25) is 0 Å².